The second-order valence-electron chi connectivity index (χ2n) is 5.32. The Morgan fingerprint density at radius 3 is 2.52 bits per heavy atom. The lowest BCUT2D eigenvalue weighted by molar-refractivity contribution is -0.709. The summed E-state index contributed by atoms with van der Waals surface area (Å²) >= 11 is 1.73. The van der Waals surface area contributed by atoms with E-state index < -0.39 is 0 Å². The standard InChI is InChI=1S/C17H22N2OS/c1-4-14-7-9-15(10-8-14)19-17(20)13(3)18-12(2)16-6-5-11-21-16/h5-13,18H,4H2,1-3H3,(H,19,20)/p+1/t12-,13-/m1/s1. The minimum atomic E-state index is -0.118. The van der Waals surface area contributed by atoms with Crippen LogP contribution in [0.4, 0.5) is 5.69 Å². The van der Waals surface area contributed by atoms with Crippen LogP contribution in [0.15, 0.2) is 41.8 Å². The highest BCUT2D eigenvalue weighted by Gasteiger charge is 2.20. The van der Waals surface area contributed by atoms with Crippen LogP contribution >= 0.6 is 11.3 Å². The van der Waals surface area contributed by atoms with Gasteiger partial charge in [-0.25, -0.2) is 0 Å². The maximum absolute atomic E-state index is 12.2. The molecule has 21 heavy (non-hydrogen) atoms. The molecule has 0 bridgehead atoms. The number of hydrogen-bond acceptors (Lipinski definition) is 2. The van der Waals surface area contributed by atoms with Crippen molar-refractivity contribution in [2.75, 3.05) is 5.32 Å². The van der Waals surface area contributed by atoms with Crippen molar-refractivity contribution < 1.29 is 10.1 Å². The van der Waals surface area contributed by atoms with Crippen LogP contribution in [0.1, 0.15) is 37.3 Å². The van der Waals surface area contributed by atoms with E-state index in [1.54, 1.807) is 11.3 Å². The first-order valence-electron chi connectivity index (χ1n) is 7.38. The van der Waals surface area contributed by atoms with Crippen LogP contribution in [0, 0.1) is 0 Å². The van der Waals surface area contributed by atoms with Gasteiger partial charge in [0.15, 0.2) is 6.04 Å². The Labute approximate surface area is 130 Å². The van der Waals surface area contributed by atoms with E-state index in [-0.39, 0.29) is 11.9 Å². The van der Waals surface area contributed by atoms with Gasteiger partial charge in [0.25, 0.3) is 5.91 Å². The van der Waals surface area contributed by atoms with Gasteiger partial charge in [-0.05, 0) is 49.4 Å². The van der Waals surface area contributed by atoms with Crippen molar-refractivity contribution in [3.05, 3.63) is 52.2 Å². The summed E-state index contributed by atoms with van der Waals surface area (Å²) in [7, 11) is 0. The molecular formula is C17H23N2OS+. The minimum Gasteiger partial charge on any atom is -0.330 e. The first-order valence-corrected chi connectivity index (χ1v) is 8.26. The predicted molar refractivity (Wildman–Crippen MR) is 88.6 cm³/mol. The van der Waals surface area contributed by atoms with Crippen LogP contribution in [0.5, 0.6) is 0 Å². The molecule has 3 N–H and O–H groups in total. The number of hydrogen-bond donors (Lipinski definition) is 2. The van der Waals surface area contributed by atoms with Crippen molar-refractivity contribution in [1.29, 1.82) is 0 Å². The van der Waals surface area contributed by atoms with Gasteiger partial charge in [0.05, 0.1) is 4.88 Å². The van der Waals surface area contributed by atoms with Gasteiger partial charge in [-0.1, -0.05) is 25.1 Å². The number of anilines is 1. The van der Waals surface area contributed by atoms with E-state index in [1.165, 1.54) is 10.4 Å². The number of nitrogens with two attached hydrogens (primary N) is 1. The predicted octanol–water partition coefficient (Wildman–Crippen LogP) is 2.96. The molecular weight excluding hydrogens is 280 g/mol. The normalized spacial score (nSPS) is 13.7. The second kappa shape index (κ2) is 7.38. The number of carbonyl (C=O) groups is 1. The van der Waals surface area contributed by atoms with E-state index in [1.807, 2.05) is 25.1 Å². The lowest BCUT2D eigenvalue weighted by atomic mass is 10.1. The van der Waals surface area contributed by atoms with Crippen LogP contribution in [0.25, 0.3) is 0 Å². The van der Waals surface area contributed by atoms with Crippen LogP contribution in [0.3, 0.4) is 0 Å². The Morgan fingerprint density at radius 1 is 1.24 bits per heavy atom. The summed E-state index contributed by atoms with van der Waals surface area (Å²) < 4.78 is 0. The first-order chi connectivity index (χ1) is 10.1. The average Bonchev–Trinajstić information content (AvgIpc) is 3.02. The number of carbonyl (C=O) groups excluding carboxylic acids is 1. The van der Waals surface area contributed by atoms with E-state index in [0.717, 1.165) is 12.1 Å². The topological polar surface area (TPSA) is 45.7 Å². The van der Waals surface area contributed by atoms with E-state index in [4.69, 9.17) is 0 Å². The largest absolute Gasteiger partial charge is 0.330 e. The summed E-state index contributed by atoms with van der Waals surface area (Å²) in [6.45, 7) is 6.20. The summed E-state index contributed by atoms with van der Waals surface area (Å²) in [6, 6.07) is 12.4. The molecule has 0 saturated carbocycles. The maximum Gasteiger partial charge on any atom is 0.282 e. The highest BCUT2D eigenvalue weighted by Crippen LogP contribution is 2.15. The third-order valence-corrected chi connectivity index (χ3v) is 4.69. The van der Waals surface area contributed by atoms with Gasteiger partial charge in [-0.15, -0.1) is 11.3 Å². The Bertz CT molecular complexity index is 563. The van der Waals surface area contributed by atoms with E-state index in [0.29, 0.717) is 6.04 Å². The Kier molecular flexibility index (Phi) is 5.53. The molecule has 1 aromatic heterocycles. The van der Waals surface area contributed by atoms with Gasteiger partial charge in [0.2, 0.25) is 0 Å². The maximum atomic E-state index is 12.2. The molecule has 1 heterocycles. The van der Waals surface area contributed by atoms with Crippen molar-refractivity contribution in [3.63, 3.8) is 0 Å². The van der Waals surface area contributed by atoms with Crippen molar-refractivity contribution in [1.82, 2.24) is 0 Å². The highest BCUT2D eigenvalue weighted by atomic mass is 32.1. The Balaban J connectivity index is 1.89. The molecule has 0 spiro atoms. The highest BCUT2D eigenvalue weighted by molar-refractivity contribution is 7.10. The molecule has 0 radical (unpaired) electrons. The van der Waals surface area contributed by atoms with Gasteiger partial charge in [0.1, 0.15) is 6.04 Å². The second-order valence-corrected chi connectivity index (χ2v) is 6.30. The zero-order valence-corrected chi connectivity index (χ0v) is 13.6. The molecule has 0 aliphatic rings. The van der Waals surface area contributed by atoms with Crippen LogP contribution in [-0.2, 0) is 11.2 Å². The number of nitrogens with one attached hydrogen (secondary N) is 1. The smallest absolute Gasteiger partial charge is 0.282 e. The molecule has 0 fully saturated rings. The number of thiophene rings is 1. The minimum absolute atomic E-state index is 0.0441. The SMILES string of the molecule is CCc1ccc(NC(=O)[C@@H](C)[NH2+][C@H](C)c2cccs2)cc1. The molecule has 0 aliphatic heterocycles. The fourth-order valence-corrected chi connectivity index (χ4v) is 3.01. The van der Waals surface area contributed by atoms with Gasteiger partial charge >= 0.3 is 0 Å². The van der Waals surface area contributed by atoms with Gasteiger partial charge in [-0.3, -0.25) is 4.79 Å². The van der Waals surface area contributed by atoms with Gasteiger partial charge in [0, 0.05) is 5.69 Å². The summed E-state index contributed by atoms with van der Waals surface area (Å²) in [4.78, 5) is 13.5. The fraction of sp³-hybridized carbons (Fsp3) is 0.353. The summed E-state index contributed by atoms with van der Waals surface area (Å²) in [5.41, 5.74) is 2.14. The van der Waals surface area contributed by atoms with E-state index in [9.17, 15) is 4.79 Å². The summed E-state index contributed by atoms with van der Waals surface area (Å²) in [5, 5.41) is 7.14. The fourth-order valence-electron chi connectivity index (χ4n) is 2.25. The van der Waals surface area contributed by atoms with Crippen molar-refractivity contribution in [2.24, 2.45) is 0 Å². The van der Waals surface area contributed by atoms with Crippen LogP contribution in [0.2, 0.25) is 0 Å². The zero-order chi connectivity index (χ0) is 15.2. The van der Waals surface area contributed by atoms with Crippen LogP contribution < -0.4 is 10.6 Å². The van der Waals surface area contributed by atoms with Gasteiger partial charge in [-0.2, -0.15) is 0 Å². The number of benzene rings is 1. The Morgan fingerprint density at radius 2 is 1.95 bits per heavy atom. The van der Waals surface area contributed by atoms with Crippen LogP contribution in [-0.4, -0.2) is 11.9 Å². The first kappa shape index (κ1) is 15.7. The molecule has 2 atom stereocenters. The summed E-state index contributed by atoms with van der Waals surface area (Å²) in [5.74, 6) is 0.0441. The molecule has 112 valence electrons. The van der Waals surface area contributed by atoms with Gasteiger partial charge < -0.3 is 10.6 Å². The number of aryl methyl sites for hydroxylation is 1. The van der Waals surface area contributed by atoms with E-state index >= 15 is 0 Å². The molecule has 2 aromatic rings. The molecule has 2 rings (SSSR count). The zero-order valence-electron chi connectivity index (χ0n) is 12.8. The average molecular weight is 303 g/mol. The quantitative estimate of drug-likeness (QED) is 0.847. The lowest BCUT2D eigenvalue weighted by Crippen LogP contribution is -2.91. The molecule has 1 aromatic carbocycles. The Hall–Kier alpha value is -1.65. The molecule has 0 aliphatic carbocycles. The molecule has 1 amide bonds. The lowest BCUT2D eigenvalue weighted by Gasteiger charge is -2.15. The number of quaternary nitrogens is 1. The third-order valence-electron chi connectivity index (χ3n) is 3.61. The van der Waals surface area contributed by atoms with Crippen molar-refractivity contribution in [3.8, 4) is 0 Å². The molecule has 4 heteroatoms. The van der Waals surface area contributed by atoms with E-state index in [2.05, 4.69) is 48.1 Å². The number of amides is 1. The molecule has 3 nitrogen and oxygen atoms in total. The van der Waals surface area contributed by atoms with Crippen molar-refractivity contribution >= 4 is 22.9 Å². The molecule has 0 saturated heterocycles. The summed E-state index contributed by atoms with van der Waals surface area (Å²) in [6.07, 6.45) is 1.01. The third kappa shape index (κ3) is 4.41. The van der Waals surface area contributed by atoms with Crippen molar-refractivity contribution in [2.45, 2.75) is 39.3 Å². The monoisotopic (exact) mass is 303 g/mol. The molecule has 0 unspecified atom stereocenters. The number of rotatable bonds is 6.